The summed E-state index contributed by atoms with van der Waals surface area (Å²) in [5.74, 6) is 0.490. The second-order valence-electron chi connectivity index (χ2n) is 3.08. The van der Waals surface area contributed by atoms with E-state index in [1.807, 2.05) is 44.4 Å². The van der Waals surface area contributed by atoms with Gasteiger partial charge in [0.05, 0.1) is 6.21 Å². The first-order chi connectivity index (χ1) is 7.24. The summed E-state index contributed by atoms with van der Waals surface area (Å²) in [6.45, 7) is 0. The molecule has 1 aromatic carbocycles. The quantitative estimate of drug-likeness (QED) is 0.472. The smallest absolute Gasteiger partial charge is 0.231 e. The molecule has 0 aliphatic rings. The van der Waals surface area contributed by atoms with Crippen LogP contribution in [0.15, 0.2) is 39.9 Å². The van der Waals surface area contributed by atoms with E-state index in [4.69, 9.17) is 11.8 Å². The standard InChI is InChI=1S/C10H13ClN4/c1-15(2)10(13-11)14-12-8-9-6-4-3-5-7-9/h3-8H,1-2H3,(H,13,14). The van der Waals surface area contributed by atoms with Crippen molar-refractivity contribution in [2.24, 2.45) is 9.61 Å². The average molecular weight is 225 g/mol. The Morgan fingerprint density at radius 3 is 2.53 bits per heavy atom. The number of halogens is 1. The highest BCUT2D eigenvalue weighted by molar-refractivity contribution is 6.19. The second kappa shape index (κ2) is 6.03. The molecule has 0 bridgehead atoms. The van der Waals surface area contributed by atoms with Crippen molar-refractivity contribution in [3.8, 4) is 0 Å². The van der Waals surface area contributed by atoms with Crippen LogP contribution in [0.3, 0.4) is 0 Å². The van der Waals surface area contributed by atoms with Crippen molar-refractivity contribution < 1.29 is 0 Å². The zero-order chi connectivity index (χ0) is 11.1. The molecule has 0 unspecified atom stereocenters. The number of hydrazone groups is 1. The molecule has 4 nitrogen and oxygen atoms in total. The molecular formula is C10H13ClN4. The predicted octanol–water partition coefficient (Wildman–Crippen LogP) is 1.68. The third-order valence-electron chi connectivity index (χ3n) is 1.68. The molecule has 0 aliphatic heterocycles. The van der Waals surface area contributed by atoms with Crippen LogP contribution in [0.5, 0.6) is 0 Å². The maximum Gasteiger partial charge on any atom is 0.231 e. The summed E-state index contributed by atoms with van der Waals surface area (Å²) in [5.41, 5.74) is 3.74. The normalized spacial score (nSPS) is 11.8. The van der Waals surface area contributed by atoms with Crippen molar-refractivity contribution in [3.05, 3.63) is 35.9 Å². The van der Waals surface area contributed by atoms with Crippen LogP contribution in [0.1, 0.15) is 5.56 Å². The van der Waals surface area contributed by atoms with Gasteiger partial charge in [-0.3, -0.25) is 0 Å². The van der Waals surface area contributed by atoms with Crippen LogP contribution < -0.4 is 5.43 Å². The van der Waals surface area contributed by atoms with Crippen molar-refractivity contribution in [1.82, 2.24) is 10.3 Å². The van der Waals surface area contributed by atoms with Crippen LogP contribution in [0, 0.1) is 0 Å². The number of hydrogen-bond acceptors (Lipinski definition) is 2. The number of hydrogen-bond donors (Lipinski definition) is 1. The summed E-state index contributed by atoms with van der Waals surface area (Å²) in [6.07, 6.45) is 1.70. The maximum absolute atomic E-state index is 5.35. The number of rotatable bonds is 2. The molecule has 15 heavy (non-hydrogen) atoms. The molecule has 0 saturated heterocycles. The van der Waals surface area contributed by atoms with Gasteiger partial charge in [-0.25, -0.2) is 5.43 Å². The zero-order valence-electron chi connectivity index (χ0n) is 8.68. The molecule has 80 valence electrons. The molecule has 0 aromatic heterocycles. The van der Waals surface area contributed by atoms with Crippen LogP contribution in [-0.2, 0) is 0 Å². The third kappa shape index (κ3) is 3.99. The molecule has 0 saturated carbocycles. The molecule has 0 fully saturated rings. The number of benzene rings is 1. The van der Waals surface area contributed by atoms with Gasteiger partial charge in [-0.15, -0.1) is 4.51 Å². The molecule has 5 heteroatoms. The number of nitrogens with one attached hydrogen (secondary N) is 1. The Kier molecular flexibility index (Phi) is 4.63. The first-order valence-corrected chi connectivity index (χ1v) is 4.78. The Bertz CT molecular complexity index is 346. The molecule has 1 aromatic rings. The predicted molar refractivity (Wildman–Crippen MR) is 64.1 cm³/mol. The molecule has 1 rings (SSSR count). The fourth-order valence-corrected chi connectivity index (χ4v) is 1.09. The van der Waals surface area contributed by atoms with E-state index in [0.717, 1.165) is 5.56 Å². The Balaban J connectivity index is 2.54. The van der Waals surface area contributed by atoms with Crippen LogP contribution in [0.25, 0.3) is 0 Å². The topological polar surface area (TPSA) is 40.0 Å². The van der Waals surface area contributed by atoms with Gasteiger partial charge in [-0.1, -0.05) is 30.3 Å². The van der Waals surface area contributed by atoms with Gasteiger partial charge in [0.15, 0.2) is 0 Å². The lowest BCUT2D eigenvalue weighted by Gasteiger charge is -2.12. The minimum absolute atomic E-state index is 0.490. The minimum atomic E-state index is 0.490. The number of guanidine groups is 1. The molecule has 0 spiro atoms. The highest BCUT2D eigenvalue weighted by atomic mass is 35.5. The molecule has 0 heterocycles. The van der Waals surface area contributed by atoms with Crippen molar-refractivity contribution >= 4 is 24.0 Å². The van der Waals surface area contributed by atoms with E-state index in [-0.39, 0.29) is 0 Å². The van der Waals surface area contributed by atoms with Gasteiger partial charge >= 0.3 is 0 Å². The lowest BCUT2D eigenvalue weighted by Crippen LogP contribution is -2.32. The second-order valence-corrected chi connectivity index (χ2v) is 3.25. The summed E-state index contributed by atoms with van der Waals surface area (Å²) in [4.78, 5) is 1.73. The van der Waals surface area contributed by atoms with Gasteiger partial charge < -0.3 is 4.90 Å². The van der Waals surface area contributed by atoms with Gasteiger partial charge in [0.2, 0.25) is 5.96 Å². The van der Waals surface area contributed by atoms with Crippen LogP contribution >= 0.6 is 11.8 Å². The minimum Gasteiger partial charge on any atom is -0.347 e. The molecule has 0 aliphatic carbocycles. The lowest BCUT2D eigenvalue weighted by molar-refractivity contribution is 0.593. The van der Waals surface area contributed by atoms with E-state index in [1.54, 1.807) is 11.1 Å². The van der Waals surface area contributed by atoms with Crippen LogP contribution in [0.2, 0.25) is 0 Å². The summed E-state index contributed by atoms with van der Waals surface area (Å²) in [7, 11) is 3.65. The SMILES string of the molecule is CN(C)C(=NCl)NN=Cc1ccccc1. The van der Waals surface area contributed by atoms with Crippen molar-refractivity contribution in [2.75, 3.05) is 14.1 Å². The maximum atomic E-state index is 5.35. The fraction of sp³-hybridized carbons (Fsp3) is 0.200. The molecule has 1 N–H and O–H groups in total. The highest BCUT2D eigenvalue weighted by Crippen LogP contribution is 1.93. The van der Waals surface area contributed by atoms with E-state index < -0.39 is 0 Å². The van der Waals surface area contributed by atoms with Gasteiger partial charge in [0.1, 0.15) is 0 Å². The van der Waals surface area contributed by atoms with E-state index in [0.29, 0.717) is 5.96 Å². The summed E-state index contributed by atoms with van der Waals surface area (Å²) < 4.78 is 3.51. The monoisotopic (exact) mass is 224 g/mol. The van der Waals surface area contributed by atoms with Gasteiger partial charge in [0, 0.05) is 25.9 Å². The van der Waals surface area contributed by atoms with E-state index >= 15 is 0 Å². The van der Waals surface area contributed by atoms with Gasteiger partial charge in [-0.2, -0.15) is 5.10 Å². The summed E-state index contributed by atoms with van der Waals surface area (Å²) in [5, 5.41) is 4.00. The Hall–Kier alpha value is -1.55. The van der Waals surface area contributed by atoms with Crippen molar-refractivity contribution in [1.29, 1.82) is 0 Å². The van der Waals surface area contributed by atoms with Crippen molar-refractivity contribution in [3.63, 3.8) is 0 Å². The van der Waals surface area contributed by atoms with E-state index in [1.165, 1.54) is 0 Å². The van der Waals surface area contributed by atoms with Crippen LogP contribution in [0.4, 0.5) is 0 Å². The van der Waals surface area contributed by atoms with Gasteiger partial charge in [-0.05, 0) is 5.56 Å². The first kappa shape index (κ1) is 11.5. The van der Waals surface area contributed by atoms with E-state index in [2.05, 4.69) is 15.0 Å². The number of nitrogens with zero attached hydrogens (tertiary/aromatic N) is 3. The Morgan fingerprint density at radius 2 is 2.00 bits per heavy atom. The molecule has 0 radical (unpaired) electrons. The Morgan fingerprint density at radius 1 is 1.33 bits per heavy atom. The third-order valence-corrected chi connectivity index (χ3v) is 1.84. The summed E-state index contributed by atoms with van der Waals surface area (Å²) >= 11 is 5.35. The molecule has 0 atom stereocenters. The van der Waals surface area contributed by atoms with Crippen LogP contribution in [-0.4, -0.2) is 31.2 Å². The Labute approximate surface area is 94.4 Å². The summed E-state index contributed by atoms with van der Waals surface area (Å²) in [6, 6.07) is 9.76. The van der Waals surface area contributed by atoms with Gasteiger partial charge in [0.25, 0.3) is 0 Å². The molecule has 0 amide bonds. The molecular weight excluding hydrogens is 212 g/mol. The first-order valence-electron chi connectivity index (χ1n) is 4.44. The van der Waals surface area contributed by atoms with Crippen molar-refractivity contribution in [2.45, 2.75) is 0 Å². The zero-order valence-corrected chi connectivity index (χ0v) is 9.44. The highest BCUT2D eigenvalue weighted by Gasteiger charge is 1.97. The average Bonchev–Trinajstić information content (AvgIpc) is 2.25. The fourth-order valence-electron chi connectivity index (χ4n) is 0.898. The lowest BCUT2D eigenvalue weighted by atomic mass is 10.2. The van der Waals surface area contributed by atoms with E-state index in [9.17, 15) is 0 Å². The largest absolute Gasteiger partial charge is 0.347 e.